The molecule has 0 heterocycles. The van der Waals surface area contributed by atoms with Gasteiger partial charge in [0.2, 0.25) is 0 Å². The highest BCUT2D eigenvalue weighted by Gasteiger charge is 2.26. The van der Waals surface area contributed by atoms with Gasteiger partial charge in [-0.3, -0.25) is 4.79 Å². The van der Waals surface area contributed by atoms with E-state index in [4.69, 9.17) is 4.74 Å². The molecule has 20 heavy (non-hydrogen) atoms. The van der Waals surface area contributed by atoms with Gasteiger partial charge in [-0.05, 0) is 28.9 Å². The van der Waals surface area contributed by atoms with Crippen molar-refractivity contribution in [1.82, 2.24) is 0 Å². The van der Waals surface area contributed by atoms with E-state index in [1.54, 1.807) is 18.2 Å². The summed E-state index contributed by atoms with van der Waals surface area (Å²) in [5, 5.41) is 3.00. The Hall–Kier alpha value is -2.01. The topological polar surface area (TPSA) is 55.7 Å². The van der Waals surface area contributed by atoms with E-state index in [1.165, 1.54) is 7.11 Å². The number of esters is 1. The predicted molar refractivity (Wildman–Crippen MR) is 79.9 cm³/mol. The maximum atomic E-state index is 12.1. The Kier molecular flexibility index (Phi) is 4.63. The van der Waals surface area contributed by atoms with Gasteiger partial charge in [0.15, 0.2) is 0 Å². The highest BCUT2D eigenvalue weighted by molar-refractivity contribution is 9.10. The summed E-state index contributed by atoms with van der Waals surface area (Å²) in [6.45, 7) is 0. The second kappa shape index (κ2) is 6.43. The Morgan fingerprint density at radius 1 is 1.20 bits per heavy atom. The summed E-state index contributed by atoms with van der Waals surface area (Å²) in [6.07, 6.45) is 0. The van der Waals surface area contributed by atoms with Crippen LogP contribution in [0.1, 0.15) is 17.0 Å². The SMILES string of the molecule is COC(=O)C(c1ccccc1)c1cc(Br)ccc1N=O. The molecule has 1 atom stereocenters. The first kappa shape index (κ1) is 14.4. The third-order valence-corrected chi connectivity index (χ3v) is 3.46. The van der Waals surface area contributed by atoms with Crippen LogP contribution in [0.15, 0.2) is 58.2 Å². The lowest BCUT2D eigenvalue weighted by Gasteiger charge is -2.16. The molecule has 0 aliphatic heterocycles. The molecule has 5 heteroatoms. The summed E-state index contributed by atoms with van der Waals surface area (Å²) < 4.78 is 5.63. The number of methoxy groups -OCH3 is 1. The Labute approximate surface area is 124 Å². The van der Waals surface area contributed by atoms with Crippen molar-refractivity contribution in [3.05, 3.63) is 69.0 Å². The molecule has 4 nitrogen and oxygen atoms in total. The zero-order chi connectivity index (χ0) is 14.5. The van der Waals surface area contributed by atoms with Crippen LogP contribution in [-0.2, 0) is 9.53 Å². The number of halogens is 1. The van der Waals surface area contributed by atoms with Crippen LogP contribution in [0, 0.1) is 4.91 Å². The normalized spacial score (nSPS) is 11.7. The fraction of sp³-hybridized carbons (Fsp3) is 0.133. The van der Waals surface area contributed by atoms with E-state index in [-0.39, 0.29) is 5.69 Å². The van der Waals surface area contributed by atoms with E-state index in [9.17, 15) is 9.70 Å². The monoisotopic (exact) mass is 333 g/mol. The van der Waals surface area contributed by atoms with Crippen LogP contribution in [-0.4, -0.2) is 13.1 Å². The largest absolute Gasteiger partial charge is 0.468 e. The minimum Gasteiger partial charge on any atom is -0.468 e. The highest BCUT2D eigenvalue weighted by atomic mass is 79.9. The number of rotatable bonds is 4. The number of ether oxygens (including phenoxy) is 1. The van der Waals surface area contributed by atoms with Gasteiger partial charge in [-0.25, -0.2) is 0 Å². The number of carbonyl (C=O) groups is 1. The summed E-state index contributed by atoms with van der Waals surface area (Å²) >= 11 is 3.34. The standard InChI is InChI=1S/C15H12BrNO3/c1-20-15(18)14(10-5-3-2-4-6-10)12-9-11(16)7-8-13(12)17-19/h2-9,14H,1H3. The molecular weight excluding hydrogens is 322 g/mol. The Morgan fingerprint density at radius 2 is 1.90 bits per heavy atom. The summed E-state index contributed by atoms with van der Waals surface area (Å²) in [4.78, 5) is 23.1. The fourth-order valence-corrected chi connectivity index (χ4v) is 2.42. The molecule has 0 aromatic heterocycles. The van der Waals surface area contributed by atoms with Gasteiger partial charge in [-0.2, -0.15) is 0 Å². The van der Waals surface area contributed by atoms with Gasteiger partial charge in [-0.1, -0.05) is 46.3 Å². The van der Waals surface area contributed by atoms with Crippen LogP contribution in [0.5, 0.6) is 0 Å². The molecule has 2 aromatic carbocycles. The van der Waals surface area contributed by atoms with E-state index in [1.807, 2.05) is 30.3 Å². The average Bonchev–Trinajstić information content (AvgIpc) is 2.48. The van der Waals surface area contributed by atoms with Crippen LogP contribution in [0.25, 0.3) is 0 Å². The van der Waals surface area contributed by atoms with Crippen LogP contribution >= 0.6 is 15.9 Å². The number of carbonyl (C=O) groups excluding carboxylic acids is 1. The maximum absolute atomic E-state index is 12.1. The summed E-state index contributed by atoms with van der Waals surface area (Å²) in [5.41, 5.74) is 1.50. The van der Waals surface area contributed by atoms with Gasteiger partial charge in [0.1, 0.15) is 11.6 Å². The Morgan fingerprint density at radius 3 is 2.50 bits per heavy atom. The van der Waals surface area contributed by atoms with E-state index in [0.717, 1.165) is 10.0 Å². The van der Waals surface area contributed by atoms with Crippen molar-refractivity contribution in [3.8, 4) is 0 Å². The van der Waals surface area contributed by atoms with Crippen molar-refractivity contribution in [1.29, 1.82) is 0 Å². The first-order chi connectivity index (χ1) is 9.67. The molecule has 0 saturated carbocycles. The van der Waals surface area contributed by atoms with Crippen molar-refractivity contribution in [2.45, 2.75) is 5.92 Å². The molecule has 2 rings (SSSR count). The molecule has 0 N–H and O–H groups in total. The van der Waals surface area contributed by atoms with Gasteiger partial charge in [-0.15, -0.1) is 4.91 Å². The minimum atomic E-state index is -0.675. The third-order valence-electron chi connectivity index (χ3n) is 2.97. The van der Waals surface area contributed by atoms with Gasteiger partial charge in [0.05, 0.1) is 7.11 Å². The van der Waals surface area contributed by atoms with Gasteiger partial charge in [0, 0.05) is 10.0 Å². The number of nitroso groups, excluding NO2 is 1. The zero-order valence-electron chi connectivity index (χ0n) is 10.7. The smallest absolute Gasteiger partial charge is 0.317 e. The van der Waals surface area contributed by atoms with Crippen molar-refractivity contribution in [2.75, 3.05) is 7.11 Å². The van der Waals surface area contributed by atoms with Crippen LogP contribution < -0.4 is 0 Å². The Balaban J connectivity index is 2.61. The summed E-state index contributed by atoms with van der Waals surface area (Å²) in [6, 6.07) is 14.1. The highest BCUT2D eigenvalue weighted by Crippen LogP contribution is 2.35. The average molecular weight is 334 g/mol. The third kappa shape index (κ3) is 2.93. The number of hydrogen-bond donors (Lipinski definition) is 0. The van der Waals surface area contributed by atoms with Crippen molar-refractivity contribution in [3.63, 3.8) is 0 Å². The molecule has 0 spiro atoms. The molecule has 0 amide bonds. The molecule has 0 radical (unpaired) electrons. The van der Waals surface area contributed by atoms with Crippen LogP contribution in [0.4, 0.5) is 5.69 Å². The van der Waals surface area contributed by atoms with Gasteiger partial charge < -0.3 is 4.74 Å². The molecule has 2 aromatic rings. The molecule has 102 valence electrons. The number of nitrogens with zero attached hydrogens (tertiary/aromatic N) is 1. The first-order valence-electron chi connectivity index (χ1n) is 5.93. The zero-order valence-corrected chi connectivity index (χ0v) is 12.3. The quantitative estimate of drug-likeness (QED) is 0.623. The molecule has 0 saturated heterocycles. The lowest BCUT2D eigenvalue weighted by molar-refractivity contribution is -0.141. The van der Waals surface area contributed by atoms with Crippen LogP contribution in [0.3, 0.4) is 0 Å². The van der Waals surface area contributed by atoms with E-state index in [2.05, 4.69) is 21.1 Å². The second-order valence-corrected chi connectivity index (χ2v) is 5.08. The molecular formula is C15H12BrNO3. The number of benzene rings is 2. The lowest BCUT2D eigenvalue weighted by Crippen LogP contribution is -2.15. The molecule has 1 unspecified atom stereocenters. The van der Waals surface area contributed by atoms with Gasteiger partial charge >= 0.3 is 5.97 Å². The molecule has 0 fully saturated rings. The number of hydrogen-bond acceptors (Lipinski definition) is 4. The van der Waals surface area contributed by atoms with Gasteiger partial charge in [0.25, 0.3) is 0 Å². The minimum absolute atomic E-state index is 0.229. The van der Waals surface area contributed by atoms with Crippen molar-refractivity contribution >= 4 is 27.6 Å². The maximum Gasteiger partial charge on any atom is 0.317 e. The van der Waals surface area contributed by atoms with E-state index >= 15 is 0 Å². The van der Waals surface area contributed by atoms with Crippen LogP contribution in [0.2, 0.25) is 0 Å². The van der Waals surface area contributed by atoms with E-state index in [0.29, 0.717) is 5.56 Å². The molecule has 0 aliphatic carbocycles. The second-order valence-electron chi connectivity index (χ2n) is 4.16. The van der Waals surface area contributed by atoms with Crippen molar-refractivity contribution < 1.29 is 9.53 Å². The molecule has 0 bridgehead atoms. The Bertz CT molecular complexity index is 628. The summed E-state index contributed by atoms with van der Waals surface area (Å²) in [7, 11) is 1.32. The lowest BCUT2D eigenvalue weighted by atomic mass is 9.90. The molecule has 0 aliphatic rings. The van der Waals surface area contributed by atoms with E-state index < -0.39 is 11.9 Å². The van der Waals surface area contributed by atoms with Crippen molar-refractivity contribution in [2.24, 2.45) is 5.18 Å². The fourth-order valence-electron chi connectivity index (χ4n) is 2.05. The summed E-state index contributed by atoms with van der Waals surface area (Å²) in [5.74, 6) is -1.11. The first-order valence-corrected chi connectivity index (χ1v) is 6.72. The predicted octanol–water partition coefficient (Wildman–Crippen LogP) is 4.15.